The van der Waals surface area contributed by atoms with Crippen molar-refractivity contribution in [1.29, 1.82) is 0 Å². The SMILES string of the molecule is Cc1ccc(N)cc1NC(=O)CCC1CCCO1.Cl. The fourth-order valence-corrected chi connectivity index (χ4v) is 2.15. The van der Waals surface area contributed by atoms with Gasteiger partial charge in [-0.25, -0.2) is 0 Å². The van der Waals surface area contributed by atoms with Gasteiger partial charge in [-0.3, -0.25) is 4.79 Å². The third-order valence-corrected chi connectivity index (χ3v) is 3.25. The highest BCUT2D eigenvalue weighted by Gasteiger charge is 2.16. The first-order valence-corrected chi connectivity index (χ1v) is 6.43. The Morgan fingerprint density at radius 3 is 3.00 bits per heavy atom. The summed E-state index contributed by atoms with van der Waals surface area (Å²) in [5.41, 5.74) is 8.19. The van der Waals surface area contributed by atoms with Crippen molar-refractivity contribution in [3.05, 3.63) is 23.8 Å². The van der Waals surface area contributed by atoms with Crippen molar-refractivity contribution in [1.82, 2.24) is 0 Å². The number of aryl methyl sites for hydroxylation is 1. The lowest BCUT2D eigenvalue weighted by Crippen LogP contribution is -2.15. The first kappa shape index (κ1) is 15.8. The molecule has 2 rings (SSSR count). The van der Waals surface area contributed by atoms with E-state index in [1.54, 1.807) is 6.07 Å². The van der Waals surface area contributed by atoms with E-state index in [0.717, 1.165) is 37.1 Å². The molecule has 1 fully saturated rings. The molecule has 1 aromatic carbocycles. The van der Waals surface area contributed by atoms with Crippen molar-refractivity contribution >= 4 is 29.7 Å². The molecule has 0 spiro atoms. The maximum Gasteiger partial charge on any atom is 0.224 e. The molecule has 1 amide bonds. The van der Waals surface area contributed by atoms with Crippen LogP contribution in [0.2, 0.25) is 0 Å². The van der Waals surface area contributed by atoms with Crippen LogP contribution in [0.5, 0.6) is 0 Å². The monoisotopic (exact) mass is 284 g/mol. The average Bonchev–Trinajstić information content (AvgIpc) is 2.84. The van der Waals surface area contributed by atoms with Crippen LogP contribution in [0.4, 0.5) is 11.4 Å². The second-order valence-corrected chi connectivity index (χ2v) is 4.80. The first-order chi connectivity index (χ1) is 8.65. The number of carbonyl (C=O) groups excluding carboxylic acids is 1. The second kappa shape index (κ2) is 7.36. The zero-order valence-corrected chi connectivity index (χ0v) is 12.0. The number of nitrogens with two attached hydrogens (primary N) is 1. The summed E-state index contributed by atoms with van der Waals surface area (Å²) in [6.45, 7) is 2.79. The highest BCUT2D eigenvalue weighted by atomic mass is 35.5. The predicted octanol–water partition coefficient (Wildman–Crippen LogP) is 2.90. The van der Waals surface area contributed by atoms with Gasteiger partial charge in [0.15, 0.2) is 0 Å². The number of halogens is 1. The van der Waals surface area contributed by atoms with Gasteiger partial charge >= 0.3 is 0 Å². The highest BCUT2D eigenvalue weighted by molar-refractivity contribution is 5.92. The molecule has 0 saturated carbocycles. The lowest BCUT2D eigenvalue weighted by Gasteiger charge is -2.11. The van der Waals surface area contributed by atoms with Crippen LogP contribution in [-0.4, -0.2) is 18.6 Å². The number of amides is 1. The van der Waals surface area contributed by atoms with E-state index in [4.69, 9.17) is 10.5 Å². The van der Waals surface area contributed by atoms with E-state index in [9.17, 15) is 4.79 Å². The maximum atomic E-state index is 11.8. The predicted molar refractivity (Wildman–Crippen MR) is 79.7 cm³/mol. The summed E-state index contributed by atoms with van der Waals surface area (Å²) in [7, 11) is 0. The highest BCUT2D eigenvalue weighted by Crippen LogP contribution is 2.20. The Bertz CT molecular complexity index is 431. The summed E-state index contributed by atoms with van der Waals surface area (Å²) in [5.74, 6) is 0.0270. The number of hydrogen-bond acceptors (Lipinski definition) is 3. The van der Waals surface area contributed by atoms with Crippen molar-refractivity contribution in [2.75, 3.05) is 17.7 Å². The minimum absolute atomic E-state index is 0. The molecule has 106 valence electrons. The Labute approximate surface area is 120 Å². The van der Waals surface area contributed by atoms with Crippen LogP contribution < -0.4 is 11.1 Å². The van der Waals surface area contributed by atoms with Gasteiger partial charge in [0.2, 0.25) is 5.91 Å². The van der Waals surface area contributed by atoms with E-state index in [2.05, 4.69) is 5.32 Å². The van der Waals surface area contributed by atoms with E-state index < -0.39 is 0 Å². The Hall–Kier alpha value is -1.26. The van der Waals surface area contributed by atoms with Gasteiger partial charge in [0.25, 0.3) is 0 Å². The number of anilines is 2. The van der Waals surface area contributed by atoms with Gasteiger partial charge in [0, 0.05) is 24.4 Å². The number of nitrogen functional groups attached to an aromatic ring is 1. The van der Waals surface area contributed by atoms with Crippen LogP contribution in [0.15, 0.2) is 18.2 Å². The van der Waals surface area contributed by atoms with E-state index in [0.29, 0.717) is 12.1 Å². The molecule has 3 N–H and O–H groups in total. The molecule has 1 heterocycles. The van der Waals surface area contributed by atoms with E-state index in [1.165, 1.54) is 0 Å². The second-order valence-electron chi connectivity index (χ2n) is 4.80. The summed E-state index contributed by atoms with van der Waals surface area (Å²) in [5, 5.41) is 2.90. The molecule has 0 radical (unpaired) electrons. The van der Waals surface area contributed by atoms with Crippen LogP contribution in [-0.2, 0) is 9.53 Å². The third kappa shape index (κ3) is 4.73. The number of hydrogen-bond donors (Lipinski definition) is 2. The Balaban J connectivity index is 0.00000180. The van der Waals surface area contributed by atoms with Crippen LogP contribution in [0.3, 0.4) is 0 Å². The molecule has 1 atom stereocenters. The molecule has 1 saturated heterocycles. The average molecular weight is 285 g/mol. The normalized spacial score (nSPS) is 17.8. The summed E-state index contributed by atoms with van der Waals surface area (Å²) in [6, 6.07) is 5.53. The summed E-state index contributed by atoms with van der Waals surface area (Å²) in [6.07, 6.45) is 3.75. The number of ether oxygens (including phenoxy) is 1. The molecule has 4 nitrogen and oxygen atoms in total. The molecule has 1 aliphatic heterocycles. The Kier molecular flexibility index (Phi) is 6.12. The van der Waals surface area contributed by atoms with Gasteiger partial charge in [-0.1, -0.05) is 6.07 Å². The van der Waals surface area contributed by atoms with Gasteiger partial charge in [-0.2, -0.15) is 0 Å². The summed E-state index contributed by atoms with van der Waals surface area (Å²) < 4.78 is 5.50. The molecule has 0 bridgehead atoms. The molecule has 0 aromatic heterocycles. The van der Waals surface area contributed by atoms with Crippen molar-refractivity contribution in [3.8, 4) is 0 Å². The molecule has 1 aromatic rings. The molecule has 1 unspecified atom stereocenters. The van der Waals surface area contributed by atoms with Crippen LogP contribution in [0.1, 0.15) is 31.2 Å². The fraction of sp³-hybridized carbons (Fsp3) is 0.500. The number of nitrogens with one attached hydrogen (secondary N) is 1. The fourth-order valence-electron chi connectivity index (χ4n) is 2.15. The maximum absolute atomic E-state index is 11.8. The first-order valence-electron chi connectivity index (χ1n) is 6.43. The summed E-state index contributed by atoms with van der Waals surface area (Å²) in [4.78, 5) is 11.8. The number of rotatable bonds is 4. The lowest BCUT2D eigenvalue weighted by molar-refractivity contribution is -0.116. The van der Waals surface area contributed by atoms with Crippen molar-refractivity contribution < 1.29 is 9.53 Å². The van der Waals surface area contributed by atoms with Crippen molar-refractivity contribution in [2.24, 2.45) is 0 Å². The van der Waals surface area contributed by atoms with Crippen LogP contribution >= 0.6 is 12.4 Å². The van der Waals surface area contributed by atoms with E-state index >= 15 is 0 Å². The number of carbonyl (C=O) groups is 1. The zero-order valence-electron chi connectivity index (χ0n) is 11.1. The smallest absolute Gasteiger partial charge is 0.224 e. The molecule has 0 aliphatic carbocycles. The van der Waals surface area contributed by atoms with Gasteiger partial charge in [-0.05, 0) is 43.9 Å². The van der Waals surface area contributed by atoms with Gasteiger partial charge < -0.3 is 15.8 Å². The third-order valence-electron chi connectivity index (χ3n) is 3.25. The standard InChI is InChI=1S/C14H20N2O2.ClH/c1-10-4-5-11(15)9-13(10)16-14(17)7-6-12-3-2-8-18-12;/h4-5,9,12H,2-3,6-8,15H2,1H3,(H,16,17);1H. The zero-order chi connectivity index (χ0) is 13.0. The minimum atomic E-state index is 0. The lowest BCUT2D eigenvalue weighted by atomic mass is 10.1. The Morgan fingerprint density at radius 2 is 2.32 bits per heavy atom. The Morgan fingerprint density at radius 1 is 1.53 bits per heavy atom. The van der Waals surface area contributed by atoms with Crippen molar-refractivity contribution in [3.63, 3.8) is 0 Å². The molecular formula is C14H21ClN2O2. The van der Waals surface area contributed by atoms with E-state index in [-0.39, 0.29) is 24.4 Å². The molecule has 19 heavy (non-hydrogen) atoms. The van der Waals surface area contributed by atoms with Crippen LogP contribution in [0, 0.1) is 6.92 Å². The number of benzene rings is 1. The largest absolute Gasteiger partial charge is 0.399 e. The van der Waals surface area contributed by atoms with Crippen molar-refractivity contribution in [2.45, 2.75) is 38.7 Å². The molecule has 5 heteroatoms. The molecular weight excluding hydrogens is 264 g/mol. The summed E-state index contributed by atoms with van der Waals surface area (Å²) >= 11 is 0. The topological polar surface area (TPSA) is 64.3 Å². The van der Waals surface area contributed by atoms with E-state index in [1.807, 2.05) is 19.1 Å². The van der Waals surface area contributed by atoms with Crippen LogP contribution in [0.25, 0.3) is 0 Å². The quantitative estimate of drug-likeness (QED) is 0.836. The van der Waals surface area contributed by atoms with Gasteiger partial charge in [0.1, 0.15) is 0 Å². The minimum Gasteiger partial charge on any atom is -0.399 e. The van der Waals surface area contributed by atoms with Gasteiger partial charge in [-0.15, -0.1) is 12.4 Å². The molecule has 1 aliphatic rings. The van der Waals surface area contributed by atoms with Gasteiger partial charge in [0.05, 0.1) is 6.10 Å².